The fourth-order valence-electron chi connectivity index (χ4n) is 0.590. The Morgan fingerprint density at radius 1 is 1.90 bits per heavy atom. The number of hydrogen-bond acceptors (Lipinski definition) is 4. The summed E-state index contributed by atoms with van der Waals surface area (Å²) in [5, 5.41) is 7.08. The molecule has 0 saturated carbocycles. The SMILES string of the molecule is CC(N)CC(=N)CS(=O)[O-]. The maximum Gasteiger partial charge on any atom is 0.0480 e. The van der Waals surface area contributed by atoms with Gasteiger partial charge in [0.15, 0.2) is 0 Å². The van der Waals surface area contributed by atoms with E-state index < -0.39 is 11.1 Å². The number of rotatable bonds is 4. The summed E-state index contributed by atoms with van der Waals surface area (Å²) in [6.45, 7) is 1.74. The van der Waals surface area contributed by atoms with Crippen molar-refractivity contribution >= 4 is 16.8 Å². The van der Waals surface area contributed by atoms with E-state index in [0.29, 0.717) is 6.42 Å². The van der Waals surface area contributed by atoms with E-state index in [1.165, 1.54) is 0 Å². The Bertz CT molecular complexity index is 147. The summed E-state index contributed by atoms with van der Waals surface area (Å²) >= 11 is -2.14. The highest BCUT2D eigenvalue weighted by Crippen LogP contribution is 1.90. The molecule has 60 valence electrons. The number of hydrogen-bond donors (Lipinski definition) is 2. The quantitative estimate of drug-likeness (QED) is 0.437. The van der Waals surface area contributed by atoms with E-state index in [0.717, 1.165) is 0 Å². The molecule has 2 atom stereocenters. The van der Waals surface area contributed by atoms with Crippen LogP contribution in [0.4, 0.5) is 0 Å². The second kappa shape index (κ2) is 4.54. The molecule has 0 aromatic carbocycles. The molecular weight excluding hydrogens is 152 g/mol. The van der Waals surface area contributed by atoms with Crippen LogP contribution in [0.2, 0.25) is 0 Å². The van der Waals surface area contributed by atoms with Gasteiger partial charge in [-0.1, -0.05) is 0 Å². The van der Waals surface area contributed by atoms with Crippen molar-refractivity contribution in [1.29, 1.82) is 5.41 Å². The monoisotopic (exact) mass is 163 g/mol. The van der Waals surface area contributed by atoms with Gasteiger partial charge in [-0.2, -0.15) is 0 Å². The van der Waals surface area contributed by atoms with E-state index in [1.807, 2.05) is 0 Å². The second-order valence-corrected chi connectivity index (χ2v) is 3.13. The smallest absolute Gasteiger partial charge is 0.0480 e. The predicted molar refractivity (Wildman–Crippen MR) is 39.8 cm³/mol. The lowest BCUT2D eigenvalue weighted by Crippen LogP contribution is -2.22. The van der Waals surface area contributed by atoms with E-state index in [-0.39, 0.29) is 17.5 Å². The minimum atomic E-state index is -2.14. The van der Waals surface area contributed by atoms with Crippen LogP contribution in [0.3, 0.4) is 0 Å². The van der Waals surface area contributed by atoms with Gasteiger partial charge in [-0.25, -0.2) is 0 Å². The summed E-state index contributed by atoms with van der Waals surface area (Å²) in [7, 11) is 0. The molecule has 0 spiro atoms. The molecular formula is C5H11N2O2S-. The van der Waals surface area contributed by atoms with Gasteiger partial charge in [0.25, 0.3) is 0 Å². The predicted octanol–water partition coefficient (Wildman–Crippen LogP) is -0.377. The van der Waals surface area contributed by atoms with E-state index >= 15 is 0 Å². The number of nitrogens with one attached hydrogen (secondary N) is 1. The summed E-state index contributed by atoms with van der Waals surface area (Å²) in [6, 6.07) is -0.129. The molecule has 5 heteroatoms. The highest BCUT2D eigenvalue weighted by molar-refractivity contribution is 7.79. The first-order valence-electron chi connectivity index (χ1n) is 2.90. The lowest BCUT2D eigenvalue weighted by atomic mass is 10.2. The first-order valence-corrected chi connectivity index (χ1v) is 4.14. The third kappa shape index (κ3) is 5.87. The van der Waals surface area contributed by atoms with Crippen molar-refractivity contribution in [3.8, 4) is 0 Å². The Morgan fingerprint density at radius 3 is 2.70 bits per heavy atom. The van der Waals surface area contributed by atoms with Gasteiger partial charge >= 0.3 is 0 Å². The number of nitrogens with two attached hydrogens (primary N) is 1. The van der Waals surface area contributed by atoms with Crippen LogP contribution in [0.5, 0.6) is 0 Å². The summed E-state index contributed by atoms with van der Waals surface area (Å²) < 4.78 is 20.0. The summed E-state index contributed by atoms with van der Waals surface area (Å²) in [5.41, 5.74) is 5.50. The summed E-state index contributed by atoms with van der Waals surface area (Å²) in [4.78, 5) is 0. The first-order chi connectivity index (χ1) is 4.52. The highest BCUT2D eigenvalue weighted by atomic mass is 32.2. The topological polar surface area (TPSA) is 90.0 Å². The third-order valence-corrected chi connectivity index (χ3v) is 1.44. The zero-order valence-corrected chi connectivity index (χ0v) is 6.61. The molecule has 4 nitrogen and oxygen atoms in total. The molecule has 10 heavy (non-hydrogen) atoms. The second-order valence-electron chi connectivity index (χ2n) is 2.23. The van der Waals surface area contributed by atoms with Crippen LogP contribution in [0.1, 0.15) is 13.3 Å². The zero-order chi connectivity index (χ0) is 8.15. The molecule has 0 aliphatic rings. The van der Waals surface area contributed by atoms with E-state index in [1.54, 1.807) is 6.92 Å². The third-order valence-electron chi connectivity index (χ3n) is 0.860. The van der Waals surface area contributed by atoms with Gasteiger partial charge in [-0.3, -0.25) is 4.21 Å². The van der Waals surface area contributed by atoms with Gasteiger partial charge in [-0.05, 0) is 18.0 Å². The van der Waals surface area contributed by atoms with Crippen molar-refractivity contribution in [3.05, 3.63) is 0 Å². The fraction of sp³-hybridized carbons (Fsp3) is 0.800. The molecule has 0 fully saturated rings. The normalized spacial score (nSPS) is 16.3. The zero-order valence-electron chi connectivity index (χ0n) is 5.79. The van der Waals surface area contributed by atoms with E-state index in [4.69, 9.17) is 11.1 Å². The molecule has 0 rings (SSSR count). The molecule has 0 radical (unpaired) electrons. The van der Waals surface area contributed by atoms with E-state index in [2.05, 4.69) is 0 Å². The summed E-state index contributed by atoms with van der Waals surface area (Å²) in [6.07, 6.45) is 0.355. The molecule has 0 aromatic heterocycles. The van der Waals surface area contributed by atoms with Crippen molar-refractivity contribution in [1.82, 2.24) is 0 Å². The highest BCUT2D eigenvalue weighted by Gasteiger charge is 1.99. The minimum Gasteiger partial charge on any atom is -0.772 e. The van der Waals surface area contributed by atoms with Crippen LogP contribution in [0.25, 0.3) is 0 Å². The fourth-order valence-corrected chi connectivity index (χ4v) is 0.992. The van der Waals surface area contributed by atoms with Gasteiger partial charge in [0.2, 0.25) is 0 Å². The lowest BCUT2D eigenvalue weighted by molar-refractivity contribution is 0.540. The first kappa shape index (κ1) is 9.74. The van der Waals surface area contributed by atoms with Crippen molar-refractivity contribution in [2.24, 2.45) is 5.73 Å². The molecule has 0 saturated heterocycles. The molecule has 0 aromatic rings. The Labute approximate surface area is 62.6 Å². The Hall–Kier alpha value is -0.260. The van der Waals surface area contributed by atoms with Crippen molar-refractivity contribution < 1.29 is 8.76 Å². The Balaban J connectivity index is 3.54. The van der Waals surface area contributed by atoms with Crippen LogP contribution < -0.4 is 5.73 Å². The summed E-state index contributed by atoms with van der Waals surface area (Å²) in [5.74, 6) is -0.193. The van der Waals surface area contributed by atoms with E-state index in [9.17, 15) is 8.76 Å². The Morgan fingerprint density at radius 2 is 2.40 bits per heavy atom. The van der Waals surface area contributed by atoms with Crippen molar-refractivity contribution in [3.63, 3.8) is 0 Å². The molecule has 0 aliphatic heterocycles. The molecule has 0 aliphatic carbocycles. The van der Waals surface area contributed by atoms with Gasteiger partial charge < -0.3 is 15.7 Å². The standard InChI is InChI=1S/C5H12N2O2S/c1-4(6)2-5(7)3-10(8)9/h4,7H,2-3,6H2,1H3,(H,8,9)/p-1. The van der Waals surface area contributed by atoms with Crippen LogP contribution in [0.15, 0.2) is 0 Å². The minimum absolute atomic E-state index is 0.129. The van der Waals surface area contributed by atoms with Gasteiger partial charge in [0.1, 0.15) is 0 Å². The maximum absolute atomic E-state index is 10.0. The average molecular weight is 163 g/mol. The molecule has 3 N–H and O–H groups in total. The van der Waals surface area contributed by atoms with Gasteiger partial charge in [-0.15, -0.1) is 0 Å². The van der Waals surface area contributed by atoms with Gasteiger partial charge in [0.05, 0.1) is 0 Å². The molecule has 2 unspecified atom stereocenters. The van der Waals surface area contributed by atoms with Crippen LogP contribution >= 0.6 is 0 Å². The molecule has 0 heterocycles. The lowest BCUT2D eigenvalue weighted by Gasteiger charge is -2.08. The maximum atomic E-state index is 10.0. The Kier molecular flexibility index (Phi) is 4.42. The van der Waals surface area contributed by atoms with Gasteiger partial charge in [0, 0.05) is 23.9 Å². The largest absolute Gasteiger partial charge is 0.772 e. The molecule has 0 amide bonds. The van der Waals surface area contributed by atoms with Crippen molar-refractivity contribution in [2.45, 2.75) is 19.4 Å². The van der Waals surface area contributed by atoms with Crippen molar-refractivity contribution in [2.75, 3.05) is 5.75 Å². The van der Waals surface area contributed by atoms with Crippen LogP contribution in [-0.2, 0) is 11.1 Å². The molecule has 0 bridgehead atoms. The van der Waals surface area contributed by atoms with Crippen LogP contribution in [-0.4, -0.2) is 26.3 Å². The average Bonchev–Trinajstić information content (AvgIpc) is 1.58. The van der Waals surface area contributed by atoms with Crippen LogP contribution in [0, 0.1) is 5.41 Å².